The van der Waals surface area contributed by atoms with Gasteiger partial charge in [-0.2, -0.15) is 0 Å². The van der Waals surface area contributed by atoms with Gasteiger partial charge in [0.1, 0.15) is 12.1 Å². The quantitative estimate of drug-likeness (QED) is 0.242. The zero-order valence-corrected chi connectivity index (χ0v) is 21.0. The first kappa shape index (κ1) is 25.8. The molecule has 1 aromatic heterocycles. The molecule has 0 bridgehead atoms. The van der Waals surface area contributed by atoms with Crippen LogP contribution in [0.2, 0.25) is 0 Å². The average Bonchev–Trinajstić information content (AvgIpc) is 3.20. The zero-order valence-electron chi connectivity index (χ0n) is 17.8. The Kier molecular flexibility index (Phi) is 9.63. The lowest BCUT2D eigenvalue weighted by atomic mass is 10.1. The molecule has 32 heavy (non-hydrogen) atoms. The number of aromatic nitrogens is 1. The van der Waals surface area contributed by atoms with Crippen LogP contribution >= 0.6 is 24.0 Å². The van der Waals surface area contributed by atoms with E-state index >= 15 is 0 Å². The molecule has 0 atom stereocenters. The lowest BCUT2D eigenvalue weighted by Gasteiger charge is -2.11. The number of hydrogen-bond acceptors (Lipinski definition) is 5. The number of sulfone groups is 1. The van der Waals surface area contributed by atoms with Crippen LogP contribution in [0.4, 0.5) is 4.39 Å². The zero-order chi connectivity index (χ0) is 22.3. The van der Waals surface area contributed by atoms with Crippen molar-refractivity contribution in [2.24, 2.45) is 4.99 Å². The largest absolute Gasteiger partial charge is 0.444 e. The summed E-state index contributed by atoms with van der Waals surface area (Å²) < 4.78 is 42.6. The maximum atomic E-state index is 13.7. The van der Waals surface area contributed by atoms with Crippen molar-refractivity contribution in [3.8, 4) is 11.5 Å². The van der Waals surface area contributed by atoms with Crippen molar-refractivity contribution in [1.29, 1.82) is 0 Å². The second-order valence-electron chi connectivity index (χ2n) is 7.04. The molecule has 7 nitrogen and oxygen atoms in total. The molecule has 0 aliphatic carbocycles. The van der Waals surface area contributed by atoms with Gasteiger partial charge in [-0.05, 0) is 42.3 Å². The summed E-state index contributed by atoms with van der Waals surface area (Å²) >= 11 is 0. The second-order valence-corrected chi connectivity index (χ2v) is 9.18. The van der Waals surface area contributed by atoms with E-state index in [0.29, 0.717) is 41.8 Å². The summed E-state index contributed by atoms with van der Waals surface area (Å²) in [5, 5.41) is 6.27. The van der Waals surface area contributed by atoms with Crippen LogP contribution in [0.15, 0.2) is 64.2 Å². The molecule has 0 radical (unpaired) electrons. The van der Waals surface area contributed by atoms with Gasteiger partial charge in [-0.1, -0.05) is 24.3 Å². The predicted octanol–water partition coefficient (Wildman–Crippen LogP) is 3.90. The molecular formula is C22H26FIN4O3S. The Labute approximate surface area is 204 Å². The molecular weight excluding hydrogens is 546 g/mol. The number of rotatable bonds is 8. The van der Waals surface area contributed by atoms with Crippen LogP contribution in [0.5, 0.6) is 0 Å². The highest BCUT2D eigenvalue weighted by molar-refractivity contribution is 14.0. The Morgan fingerprint density at radius 2 is 1.88 bits per heavy atom. The first-order chi connectivity index (χ1) is 14.8. The van der Waals surface area contributed by atoms with E-state index in [0.717, 1.165) is 11.8 Å². The highest BCUT2D eigenvalue weighted by Gasteiger charge is 2.11. The summed E-state index contributed by atoms with van der Waals surface area (Å²) in [6, 6.07) is 13.7. The number of oxazole rings is 1. The predicted molar refractivity (Wildman–Crippen MR) is 134 cm³/mol. The molecule has 0 saturated heterocycles. The molecule has 0 unspecified atom stereocenters. The van der Waals surface area contributed by atoms with Gasteiger partial charge in [0.25, 0.3) is 0 Å². The molecule has 0 saturated carbocycles. The summed E-state index contributed by atoms with van der Waals surface area (Å²) in [5.74, 6) is 0.436. The van der Waals surface area contributed by atoms with Crippen LogP contribution in [0.25, 0.3) is 11.5 Å². The van der Waals surface area contributed by atoms with Crippen LogP contribution in [0.1, 0.15) is 23.7 Å². The Hall–Kier alpha value is -2.47. The fourth-order valence-corrected chi connectivity index (χ4v) is 3.79. The summed E-state index contributed by atoms with van der Waals surface area (Å²) in [6.45, 7) is 3.06. The van der Waals surface area contributed by atoms with Gasteiger partial charge >= 0.3 is 0 Å². The van der Waals surface area contributed by atoms with Crippen LogP contribution < -0.4 is 10.6 Å². The van der Waals surface area contributed by atoms with Crippen molar-refractivity contribution >= 4 is 39.8 Å². The van der Waals surface area contributed by atoms with Gasteiger partial charge in [0.05, 0.1) is 24.5 Å². The van der Waals surface area contributed by atoms with Crippen molar-refractivity contribution in [3.05, 3.63) is 77.4 Å². The lowest BCUT2D eigenvalue weighted by molar-refractivity contribution is 0.572. The summed E-state index contributed by atoms with van der Waals surface area (Å²) in [6.07, 6.45) is 2.73. The molecule has 2 aromatic carbocycles. The number of benzene rings is 2. The van der Waals surface area contributed by atoms with Crippen LogP contribution in [-0.2, 0) is 28.7 Å². The smallest absolute Gasteiger partial charge is 0.226 e. The van der Waals surface area contributed by atoms with E-state index in [2.05, 4.69) is 20.6 Å². The van der Waals surface area contributed by atoms with E-state index in [1.807, 2.05) is 37.3 Å². The molecule has 3 rings (SSSR count). The monoisotopic (exact) mass is 572 g/mol. The molecule has 2 N–H and O–H groups in total. The van der Waals surface area contributed by atoms with Gasteiger partial charge in [0, 0.05) is 18.4 Å². The van der Waals surface area contributed by atoms with Crippen LogP contribution in [-0.4, -0.2) is 32.2 Å². The summed E-state index contributed by atoms with van der Waals surface area (Å²) in [4.78, 5) is 8.94. The first-order valence-electron chi connectivity index (χ1n) is 9.81. The molecule has 0 fully saturated rings. The van der Waals surface area contributed by atoms with Crippen LogP contribution in [0, 0.1) is 5.82 Å². The van der Waals surface area contributed by atoms with Gasteiger partial charge < -0.3 is 15.1 Å². The van der Waals surface area contributed by atoms with Crippen molar-refractivity contribution in [2.45, 2.75) is 25.8 Å². The number of nitrogens with one attached hydrogen (secondary N) is 2. The third-order valence-electron chi connectivity index (χ3n) is 4.35. The third kappa shape index (κ3) is 7.90. The maximum absolute atomic E-state index is 13.7. The van der Waals surface area contributed by atoms with Gasteiger partial charge in [-0.15, -0.1) is 24.0 Å². The third-order valence-corrected chi connectivity index (χ3v) is 5.18. The molecule has 0 aliphatic rings. The fraction of sp³-hybridized carbons (Fsp3) is 0.273. The first-order valence-corrected chi connectivity index (χ1v) is 11.9. The number of aliphatic imine (C=N–C) groups is 1. The normalized spacial score (nSPS) is 11.7. The SMILES string of the molecule is CCNC(=NCc1cc(F)ccc1CS(C)(=O)=O)NCc1coc(-c2ccccc2)n1.I. The van der Waals surface area contributed by atoms with Crippen LogP contribution in [0.3, 0.4) is 0 Å². The highest BCUT2D eigenvalue weighted by Crippen LogP contribution is 2.18. The number of halogens is 2. The Morgan fingerprint density at radius 3 is 2.56 bits per heavy atom. The minimum absolute atomic E-state index is 0. The van der Waals surface area contributed by atoms with Crippen molar-refractivity contribution < 1.29 is 17.2 Å². The van der Waals surface area contributed by atoms with Gasteiger partial charge in [0.2, 0.25) is 5.89 Å². The van der Waals surface area contributed by atoms with E-state index < -0.39 is 15.7 Å². The molecule has 0 amide bonds. The molecule has 0 spiro atoms. The van der Waals surface area contributed by atoms with E-state index in [1.54, 1.807) is 6.26 Å². The Morgan fingerprint density at radius 1 is 1.12 bits per heavy atom. The molecule has 3 aromatic rings. The number of hydrogen-bond donors (Lipinski definition) is 2. The van der Waals surface area contributed by atoms with E-state index in [4.69, 9.17) is 4.42 Å². The van der Waals surface area contributed by atoms with E-state index in [-0.39, 0.29) is 36.3 Å². The summed E-state index contributed by atoms with van der Waals surface area (Å²) in [7, 11) is -3.25. The second kappa shape index (κ2) is 12.0. The average molecular weight is 572 g/mol. The maximum Gasteiger partial charge on any atom is 0.226 e. The van der Waals surface area contributed by atoms with Crippen molar-refractivity contribution in [1.82, 2.24) is 15.6 Å². The van der Waals surface area contributed by atoms with Crippen molar-refractivity contribution in [2.75, 3.05) is 12.8 Å². The minimum Gasteiger partial charge on any atom is -0.444 e. The van der Waals surface area contributed by atoms with E-state index in [1.165, 1.54) is 18.2 Å². The van der Waals surface area contributed by atoms with E-state index in [9.17, 15) is 12.8 Å². The van der Waals surface area contributed by atoms with Gasteiger partial charge in [-0.3, -0.25) is 0 Å². The number of guanidine groups is 1. The Bertz CT molecular complexity index is 1150. The van der Waals surface area contributed by atoms with Gasteiger partial charge in [-0.25, -0.2) is 22.8 Å². The standard InChI is InChI=1S/C22H25FN4O3S.HI/c1-3-24-22(25-12-18-11-19(23)10-9-17(18)15-31(2,28)29)26-13-20-14-30-21(27-20)16-7-5-4-6-8-16;/h4-11,14H,3,12-13,15H2,1-2H3,(H2,24,25,26);1H. The highest BCUT2D eigenvalue weighted by atomic mass is 127. The molecule has 172 valence electrons. The summed E-state index contributed by atoms with van der Waals surface area (Å²) in [5.41, 5.74) is 2.65. The number of nitrogens with zero attached hydrogens (tertiary/aromatic N) is 2. The molecule has 10 heteroatoms. The van der Waals surface area contributed by atoms with Crippen molar-refractivity contribution in [3.63, 3.8) is 0 Å². The fourth-order valence-electron chi connectivity index (χ4n) is 2.95. The Balaban J connectivity index is 0.00000363. The molecule has 0 aliphatic heterocycles. The van der Waals surface area contributed by atoms with Gasteiger partial charge in [0.15, 0.2) is 15.8 Å². The molecule has 1 heterocycles. The lowest BCUT2D eigenvalue weighted by Crippen LogP contribution is -2.36. The minimum atomic E-state index is -3.25. The topological polar surface area (TPSA) is 96.6 Å².